The molecule has 5 rings (SSSR count). The number of β-amino-alcohol motifs (C(OH)–C–C–N with tert-alkyl or cyclic N) is 1. The Morgan fingerprint density at radius 3 is 2.69 bits per heavy atom. The number of nitrogens with one attached hydrogen (secondary N) is 2. The summed E-state index contributed by atoms with van der Waals surface area (Å²) in [5.74, 6) is 0.730. The van der Waals surface area contributed by atoms with Crippen molar-refractivity contribution in [3.05, 3.63) is 48.0 Å². The van der Waals surface area contributed by atoms with E-state index in [2.05, 4.69) is 32.5 Å². The van der Waals surface area contributed by atoms with Crippen molar-refractivity contribution in [1.82, 2.24) is 24.8 Å². The molecule has 4 heterocycles. The zero-order valence-corrected chi connectivity index (χ0v) is 20.8. The van der Waals surface area contributed by atoms with E-state index in [9.17, 15) is 14.7 Å². The molecule has 2 amide bonds. The third-order valence-electron chi connectivity index (χ3n) is 7.75. The molecule has 1 saturated carbocycles. The summed E-state index contributed by atoms with van der Waals surface area (Å²) in [4.78, 5) is 30.8. The minimum Gasteiger partial charge on any atom is -0.392 e. The molecule has 0 radical (unpaired) electrons. The number of aliphatic hydroxyl groups is 1. The second-order valence-corrected chi connectivity index (χ2v) is 10.2. The van der Waals surface area contributed by atoms with Crippen molar-refractivity contribution in [3.63, 3.8) is 0 Å². The van der Waals surface area contributed by atoms with Crippen molar-refractivity contribution in [2.24, 2.45) is 23.5 Å². The average molecular weight is 492 g/mol. The number of carbonyl (C=O) groups is 2. The number of anilines is 1. The minimum atomic E-state index is -0.527. The number of likely N-dealkylation sites (tertiary alicyclic amines) is 1. The summed E-state index contributed by atoms with van der Waals surface area (Å²) in [7, 11) is 1.57. The Kier molecular flexibility index (Phi) is 6.40. The molecule has 10 heteroatoms. The van der Waals surface area contributed by atoms with Crippen molar-refractivity contribution >= 4 is 23.0 Å². The number of fused-ring (bicyclic) bond motifs is 2. The number of rotatable bonds is 7. The standard InChI is InChI=1S/C26H33N7O3/c1-14(34)10-32-11-18-6-22(15(2)20(18)13-32)31-24-19(25(27)35)9-30-33-12-17(7-23(24)33)16-4-5-21(29-8-16)26(36)28-3/h4-5,7-9,12,14-15,18,20,22,31,34H,6,10-11,13H2,1-3H3,(H2,27,35)(H,28,36)/t14-,15-,18-,20-,22-/m1/s1. The van der Waals surface area contributed by atoms with Gasteiger partial charge in [-0.15, -0.1) is 0 Å². The minimum absolute atomic E-state index is 0.199. The van der Waals surface area contributed by atoms with Crippen molar-refractivity contribution in [1.29, 1.82) is 0 Å². The van der Waals surface area contributed by atoms with Gasteiger partial charge < -0.3 is 26.4 Å². The van der Waals surface area contributed by atoms with Crippen LogP contribution in [-0.4, -0.2) is 75.2 Å². The summed E-state index contributed by atoms with van der Waals surface area (Å²) in [6, 6.07) is 5.68. The molecule has 1 aliphatic carbocycles. The largest absolute Gasteiger partial charge is 0.392 e. The van der Waals surface area contributed by atoms with Crippen LogP contribution >= 0.6 is 0 Å². The number of aliphatic hydroxyl groups excluding tert-OH is 1. The van der Waals surface area contributed by atoms with E-state index in [1.165, 1.54) is 6.20 Å². The van der Waals surface area contributed by atoms with E-state index in [0.717, 1.165) is 36.2 Å². The zero-order valence-electron chi connectivity index (χ0n) is 20.8. The molecule has 0 unspecified atom stereocenters. The first-order chi connectivity index (χ1) is 17.2. The van der Waals surface area contributed by atoms with Crippen LogP contribution in [-0.2, 0) is 0 Å². The van der Waals surface area contributed by atoms with Gasteiger partial charge in [-0.1, -0.05) is 13.0 Å². The van der Waals surface area contributed by atoms with Gasteiger partial charge in [0.15, 0.2) is 0 Å². The second-order valence-electron chi connectivity index (χ2n) is 10.2. The first-order valence-corrected chi connectivity index (χ1v) is 12.4. The van der Waals surface area contributed by atoms with Crippen LogP contribution in [0.4, 0.5) is 5.69 Å². The number of pyridine rings is 1. The van der Waals surface area contributed by atoms with Gasteiger partial charge in [0.25, 0.3) is 11.8 Å². The summed E-state index contributed by atoms with van der Waals surface area (Å²) in [6.45, 7) is 6.78. The Morgan fingerprint density at radius 1 is 1.25 bits per heavy atom. The van der Waals surface area contributed by atoms with Crippen LogP contribution in [0.5, 0.6) is 0 Å². The van der Waals surface area contributed by atoms with Gasteiger partial charge in [-0.2, -0.15) is 5.10 Å². The number of nitrogens with zero attached hydrogens (tertiary/aromatic N) is 4. The molecule has 3 aromatic heterocycles. The molecule has 2 aliphatic rings. The van der Waals surface area contributed by atoms with Crippen molar-refractivity contribution in [2.75, 3.05) is 32.0 Å². The number of amides is 2. The van der Waals surface area contributed by atoms with Gasteiger partial charge in [-0.05, 0) is 43.2 Å². The molecule has 0 aromatic carbocycles. The molecule has 1 aliphatic heterocycles. The number of nitrogens with two attached hydrogens (primary N) is 1. The summed E-state index contributed by atoms with van der Waals surface area (Å²) in [5, 5.41) is 20.4. The monoisotopic (exact) mass is 491 g/mol. The molecule has 36 heavy (non-hydrogen) atoms. The lowest BCUT2D eigenvalue weighted by Gasteiger charge is -2.26. The molecule has 3 aromatic rings. The summed E-state index contributed by atoms with van der Waals surface area (Å²) in [5.41, 5.74) is 9.60. The molecule has 0 spiro atoms. The summed E-state index contributed by atoms with van der Waals surface area (Å²) >= 11 is 0. The lowest BCUT2D eigenvalue weighted by atomic mass is 9.93. The maximum absolute atomic E-state index is 12.3. The molecular weight excluding hydrogens is 458 g/mol. The van der Waals surface area contributed by atoms with E-state index in [4.69, 9.17) is 5.73 Å². The van der Waals surface area contributed by atoms with Crippen LogP contribution in [0.15, 0.2) is 36.8 Å². The van der Waals surface area contributed by atoms with E-state index in [-0.39, 0.29) is 18.1 Å². The third kappa shape index (κ3) is 4.42. The topological polar surface area (TPSA) is 138 Å². The highest BCUT2D eigenvalue weighted by atomic mass is 16.3. The molecule has 1 saturated heterocycles. The predicted octanol–water partition coefficient (Wildman–Crippen LogP) is 1.60. The number of hydrogen-bond acceptors (Lipinski definition) is 7. The van der Waals surface area contributed by atoms with E-state index in [1.807, 2.05) is 25.3 Å². The van der Waals surface area contributed by atoms with E-state index < -0.39 is 5.91 Å². The average Bonchev–Trinajstić information content (AvgIpc) is 3.53. The summed E-state index contributed by atoms with van der Waals surface area (Å²) in [6.07, 6.45) is 5.71. The number of aromatic nitrogens is 3. The van der Waals surface area contributed by atoms with E-state index in [1.54, 1.807) is 23.8 Å². The molecule has 2 fully saturated rings. The van der Waals surface area contributed by atoms with Crippen LogP contribution in [0.1, 0.15) is 41.1 Å². The lowest BCUT2D eigenvalue weighted by Crippen LogP contribution is -2.34. The van der Waals surface area contributed by atoms with Crippen LogP contribution in [0.3, 0.4) is 0 Å². The van der Waals surface area contributed by atoms with E-state index in [0.29, 0.717) is 41.2 Å². The van der Waals surface area contributed by atoms with Gasteiger partial charge in [-0.3, -0.25) is 14.6 Å². The van der Waals surface area contributed by atoms with Crippen LogP contribution in [0.2, 0.25) is 0 Å². The van der Waals surface area contributed by atoms with Gasteiger partial charge >= 0.3 is 0 Å². The Balaban J connectivity index is 1.43. The highest BCUT2D eigenvalue weighted by Crippen LogP contribution is 2.44. The van der Waals surface area contributed by atoms with Crippen LogP contribution < -0.4 is 16.4 Å². The third-order valence-corrected chi connectivity index (χ3v) is 7.75. The predicted molar refractivity (Wildman–Crippen MR) is 137 cm³/mol. The molecular formula is C26H33N7O3. The number of primary amides is 1. The Hall–Kier alpha value is -3.50. The Bertz CT molecular complexity index is 1290. The van der Waals surface area contributed by atoms with Crippen molar-refractivity contribution < 1.29 is 14.7 Å². The smallest absolute Gasteiger partial charge is 0.269 e. The number of carbonyl (C=O) groups excluding carboxylic acids is 2. The Morgan fingerprint density at radius 2 is 2.06 bits per heavy atom. The first kappa shape index (κ1) is 24.2. The van der Waals surface area contributed by atoms with Crippen LogP contribution in [0, 0.1) is 17.8 Å². The van der Waals surface area contributed by atoms with Crippen molar-refractivity contribution in [3.8, 4) is 11.1 Å². The zero-order chi connectivity index (χ0) is 25.6. The fourth-order valence-corrected chi connectivity index (χ4v) is 5.95. The van der Waals surface area contributed by atoms with Crippen LogP contribution in [0.25, 0.3) is 16.6 Å². The molecule has 190 valence electrons. The molecule has 5 atom stereocenters. The normalized spacial score (nSPS) is 24.6. The molecule has 5 N–H and O–H groups in total. The SMILES string of the molecule is CNC(=O)c1ccc(-c2cc3c(N[C@@H]4C[C@@H]5CN(C[C@@H](C)O)C[C@@H]5[C@H]4C)c(C(N)=O)cnn3c2)cn1. The molecule has 0 bridgehead atoms. The highest BCUT2D eigenvalue weighted by Gasteiger charge is 2.46. The summed E-state index contributed by atoms with van der Waals surface area (Å²) < 4.78 is 1.74. The Labute approximate surface area is 209 Å². The number of hydrogen-bond donors (Lipinski definition) is 4. The van der Waals surface area contributed by atoms with E-state index >= 15 is 0 Å². The fraction of sp³-hybridized carbons (Fsp3) is 0.462. The lowest BCUT2D eigenvalue weighted by molar-refractivity contribution is 0.0956. The maximum Gasteiger partial charge on any atom is 0.269 e. The maximum atomic E-state index is 12.3. The molecule has 10 nitrogen and oxygen atoms in total. The van der Waals surface area contributed by atoms with Gasteiger partial charge in [0, 0.05) is 56.2 Å². The first-order valence-electron chi connectivity index (χ1n) is 12.4. The quantitative estimate of drug-likeness (QED) is 0.394. The van der Waals surface area contributed by atoms with Gasteiger partial charge in [-0.25, -0.2) is 4.52 Å². The van der Waals surface area contributed by atoms with Crippen molar-refractivity contribution in [2.45, 2.75) is 32.4 Å². The fourth-order valence-electron chi connectivity index (χ4n) is 5.95. The van der Waals surface area contributed by atoms with Gasteiger partial charge in [0.1, 0.15) is 5.69 Å². The van der Waals surface area contributed by atoms with Gasteiger partial charge in [0.2, 0.25) is 0 Å². The highest BCUT2D eigenvalue weighted by molar-refractivity contribution is 6.02. The van der Waals surface area contributed by atoms with Gasteiger partial charge in [0.05, 0.1) is 29.1 Å². The second kappa shape index (κ2) is 9.51.